The van der Waals surface area contributed by atoms with Gasteiger partial charge in [-0.3, -0.25) is 0 Å². The molecule has 2 rings (SSSR count). The lowest BCUT2D eigenvalue weighted by Crippen LogP contribution is -2.21. The van der Waals surface area contributed by atoms with Crippen LogP contribution in [-0.4, -0.2) is 12.2 Å². The number of rotatable bonds is 0. The zero-order chi connectivity index (χ0) is 10.5. The molecular formula is C12H15NO. The summed E-state index contributed by atoms with van der Waals surface area (Å²) in [6.07, 6.45) is 0. The predicted molar refractivity (Wildman–Crippen MR) is 58.7 cm³/mol. The Bertz CT molecular complexity index is 407. The average molecular weight is 189 g/mol. The molecule has 1 heterocycles. The van der Waals surface area contributed by atoms with Gasteiger partial charge in [-0.05, 0) is 11.6 Å². The van der Waals surface area contributed by atoms with Crippen molar-refractivity contribution in [3.05, 3.63) is 36.0 Å². The van der Waals surface area contributed by atoms with Crippen molar-refractivity contribution in [3.63, 3.8) is 0 Å². The lowest BCUT2D eigenvalue weighted by molar-refractivity contribution is 0.475. The summed E-state index contributed by atoms with van der Waals surface area (Å²) in [5.74, 6) is 0.307. The molecule has 1 aromatic rings. The number of likely N-dealkylation sites (N-methyl/N-ethyl adjacent to an activating group) is 1. The summed E-state index contributed by atoms with van der Waals surface area (Å²) >= 11 is 0. The van der Waals surface area contributed by atoms with Crippen LogP contribution in [0.1, 0.15) is 19.4 Å². The fraction of sp³-hybridized carbons (Fsp3) is 0.333. The molecule has 0 amide bonds. The lowest BCUT2D eigenvalue weighted by atomic mass is 9.84. The normalized spacial score (nSPS) is 18.5. The third-order valence-electron chi connectivity index (χ3n) is 3.14. The Balaban J connectivity index is 2.68. The molecule has 0 radical (unpaired) electrons. The van der Waals surface area contributed by atoms with Crippen molar-refractivity contribution in [1.82, 2.24) is 0 Å². The molecule has 1 aliphatic heterocycles. The van der Waals surface area contributed by atoms with Gasteiger partial charge in [0.05, 0.1) is 0 Å². The molecule has 1 N–H and O–H groups in total. The van der Waals surface area contributed by atoms with E-state index in [1.54, 1.807) is 12.1 Å². The van der Waals surface area contributed by atoms with E-state index in [4.69, 9.17) is 0 Å². The summed E-state index contributed by atoms with van der Waals surface area (Å²) < 4.78 is 0. The van der Waals surface area contributed by atoms with Gasteiger partial charge in [0.1, 0.15) is 5.75 Å². The third kappa shape index (κ3) is 0.969. The number of phenols is 1. The van der Waals surface area contributed by atoms with Crippen LogP contribution in [0.25, 0.3) is 0 Å². The molecule has 1 aliphatic rings. The van der Waals surface area contributed by atoms with E-state index in [1.165, 1.54) is 5.56 Å². The Labute approximate surface area is 84.5 Å². The fourth-order valence-electron chi connectivity index (χ4n) is 2.05. The molecule has 0 aliphatic carbocycles. The van der Waals surface area contributed by atoms with E-state index in [9.17, 15) is 5.11 Å². The van der Waals surface area contributed by atoms with E-state index in [-0.39, 0.29) is 5.41 Å². The topological polar surface area (TPSA) is 23.5 Å². The average Bonchev–Trinajstić information content (AvgIpc) is 2.28. The highest BCUT2D eigenvalue weighted by atomic mass is 16.3. The molecular weight excluding hydrogens is 174 g/mol. The van der Waals surface area contributed by atoms with E-state index in [1.807, 2.05) is 18.0 Å². The van der Waals surface area contributed by atoms with Gasteiger partial charge in [-0.1, -0.05) is 26.5 Å². The number of allylic oxidation sites excluding steroid dienone is 1. The molecule has 0 atom stereocenters. The summed E-state index contributed by atoms with van der Waals surface area (Å²) in [7, 11) is 1.98. The second kappa shape index (κ2) is 2.53. The molecule has 14 heavy (non-hydrogen) atoms. The lowest BCUT2D eigenvalue weighted by Gasteiger charge is -2.22. The quantitative estimate of drug-likeness (QED) is 0.678. The van der Waals surface area contributed by atoms with Crippen molar-refractivity contribution in [1.29, 1.82) is 0 Å². The van der Waals surface area contributed by atoms with Gasteiger partial charge in [0.15, 0.2) is 0 Å². The van der Waals surface area contributed by atoms with Crippen molar-refractivity contribution < 1.29 is 5.11 Å². The van der Waals surface area contributed by atoms with Gasteiger partial charge in [-0.2, -0.15) is 0 Å². The van der Waals surface area contributed by atoms with Gasteiger partial charge in [-0.25, -0.2) is 0 Å². The Hall–Kier alpha value is -1.44. The number of benzene rings is 1. The van der Waals surface area contributed by atoms with Crippen LogP contribution in [0.3, 0.4) is 0 Å². The van der Waals surface area contributed by atoms with Crippen LogP contribution in [0.15, 0.2) is 30.5 Å². The maximum Gasteiger partial charge on any atom is 0.117 e. The van der Waals surface area contributed by atoms with Crippen LogP contribution < -0.4 is 4.90 Å². The number of anilines is 1. The molecule has 2 heteroatoms. The van der Waals surface area contributed by atoms with Gasteiger partial charge in [0.2, 0.25) is 0 Å². The first-order valence-electron chi connectivity index (χ1n) is 4.71. The number of fused-ring (bicyclic) bond motifs is 1. The maximum atomic E-state index is 9.41. The minimum Gasteiger partial charge on any atom is -0.508 e. The summed E-state index contributed by atoms with van der Waals surface area (Å²) in [4.78, 5) is 2.04. The monoisotopic (exact) mass is 189 g/mol. The first-order valence-corrected chi connectivity index (χ1v) is 4.71. The summed E-state index contributed by atoms with van der Waals surface area (Å²) in [5.41, 5.74) is 3.32. The highest BCUT2D eigenvalue weighted by Crippen LogP contribution is 2.46. The third-order valence-corrected chi connectivity index (χ3v) is 3.14. The highest BCUT2D eigenvalue weighted by molar-refractivity contribution is 5.70. The number of hydrogen-bond donors (Lipinski definition) is 1. The molecule has 2 nitrogen and oxygen atoms in total. The highest BCUT2D eigenvalue weighted by Gasteiger charge is 2.37. The number of hydrogen-bond acceptors (Lipinski definition) is 2. The SMILES string of the molecule is C=C1N(C)c2cc(O)ccc2C1(C)C. The fourth-order valence-corrected chi connectivity index (χ4v) is 2.05. The van der Waals surface area contributed by atoms with Gasteiger partial charge >= 0.3 is 0 Å². The molecule has 0 fully saturated rings. The second-order valence-electron chi connectivity index (χ2n) is 4.33. The van der Waals surface area contributed by atoms with Crippen molar-refractivity contribution in [2.24, 2.45) is 0 Å². The summed E-state index contributed by atoms with van der Waals surface area (Å²) in [6, 6.07) is 5.49. The molecule has 0 spiro atoms. The Morgan fingerprint density at radius 1 is 1.36 bits per heavy atom. The van der Waals surface area contributed by atoms with Crippen molar-refractivity contribution in [2.45, 2.75) is 19.3 Å². The molecule has 74 valence electrons. The molecule has 0 saturated carbocycles. The molecule has 1 aromatic carbocycles. The molecule has 0 bridgehead atoms. The van der Waals surface area contributed by atoms with Gasteiger partial charge in [0.25, 0.3) is 0 Å². The Morgan fingerprint density at radius 2 is 2.00 bits per heavy atom. The van der Waals surface area contributed by atoms with E-state index < -0.39 is 0 Å². The van der Waals surface area contributed by atoms with Crippen molar-refractivity contribution >= 4 is 5.69 Å². The number of nitrogens with zero attached hydrogens (tertiary/aromatic N) is 1. The van der Waals surface area contributed by atoms with Crippen LogP contribution in [0.4, 0.5) is 5.69 Å². The minimum absolute atomic E-state index is 0.0300. The van der Waals surface area contributed by atoms with Gasteiger partial charge in [-0.15, -0.1) is 0 Å². The first kappa shape index (κ1) is 9.13. The first-order chi connectivity index (χ1) is 6.44. The van der Waals surface area contributed by atoms with E-state index in [0.717, 1.165) is 11.4 Å². The largest absolute Gasteiger partial charge is 0.508 e. The Kier molecular flexibility index (Phi) is 1.65. The smallest absolute Gasteiger partial charge is 0.117 e. The zero-order valence-electron chi connectivity index (χ0n) is 8.83. The molecule has 0 saturated heterocycles. The van der Waals surface area contributed by atoms with Crippen LogP contribution in [0, 0.1) is 0 Å². The van der Waals surface area contributed by atoms with Crippen molar-refractivity contribution in [3.8, 4) is 5.75 Å². The summed E-state index contributed by atoms with van der Waals surface area (Å²) in [6.45, 7) is 8.37. The van der Waals surface area contributed by atoms with Crippen LogP contribution in [0.2, 0.25) is 0 Å². The van der Waals surface area contributed by atoms with Crippen LogP contribution in [0.5, 0.6) is 5.75 Å². The second-order valence-corrected chi connectivity index (χ2v) is 4.33. The maximum absolute atomic E-state index is 9.41. The van der Waals surface area contributed by atoms with Crippen LogP contribution >= 0.6 is 0 Å². The molecule has 0 unspecified atom stereocenters. The standard InChI is InChI=1S/C12H15NO/c1-8-12(2,3)10-6-5-9(14)7-11(10)13(8)4/h5-7,14H,1H2,2-4H3. The van der Waals surface area contributed by atoms with E-state index in [0.29, 0.717) is 5.75 Å². The minimum atomic E-state index is -0.0300. The van der Waals surface area contributed by atoms with Crippen LogP contribution in [-0.2, 0) is 5.41 Å². The summed E-state index contributed by atoms with van der Waals surface area (Å²) in [5, 5.41) is 9.41. The van der Waals surface area contributed by atoms with Gasteiger partial charge < -0.3 is 10.0 Å². The number of aromatic hydroxyl groups is 1. The zero-order valence-corrected chi connectivity index (χ0v) is 8.83. The van der Waals surface area contributed by atoms with E-state index >= 15 is 0 Å². The van der Waals surface area contributed by atoms with Crippen molar-refractivity contribution in [2.75, 3.05) is 11.9 Å². The molecule has 0 aromatic heterocycles. The predicted octanol–water partition coefficient (Wildman–Crippen LogP) is 2.63. The van der Waals surface area contributed by atoms with E-state index in [2.05, 4.69) is 20.4 Å². The van der Waals surface area contributed by atoms with Gasteiger partial charge in [0, 0.05) is 29.9 Å². The Morgan fingerprint density at radius 3 is 2.64 bits per heavy atom. The number of phenolic OH excluding ortho intramolecular Hbond substituents is 1.